The zero-order valence-corrected chi connectivity index (χ0v) is 12.9. The summed E-state index contributed by atoms with van der Waals surface area (Å²) in [6.45, 7) is 1.21. The number of aryl methyl sites for hydroxylation is 1. The summed E-state index contributed by atoms with van der Waals surface area (Å²) in [5, 5.41) is 0.698. The third-order valence-corrected chi connectivity index (χ3v) is 4.07. The van der Waals surface area contributed by atoms with E-state index in [-0.39, 0.29) is 11.9 Å². The zero-order chi connectivity index (χ0) is 15.5. The Hall–Kier alpha value is -2.14. The van der Waals surface area contributed by atoms with Crippen LogP contribution in [0, 0.1) is 0 Å². The van der Waals surface area contributed by atoms with E-state index >= 15 is 0 Å². The lowest BCUT2D eigenvalue weighted by Crippen LogP contribution is -2.36. The average Bonchev–Trinajstić information content (AvgIpc) is 2.52. The van der Waals surface area contributed by atoms with Crippen LogP contribution in [0.2, 0.25) is 5.02 Å². The topological polar surface area (TPSA) is 72.1 Å². The van der Waals surface area contributed by atoms with Gasteiger partial charge in [-0.05, 0) is 36.1 Å². The van der Waals surface area contributed by atoms with Crippen molar-refractivity contribution in [2.75, 3.05) is 12.3 Å². The Balaban J connectivity index is 1.62. The number of nitrogens with zero attached hydrogens (tertiary/aromatic N) is 3. The van der Waals surface area contributed by atoms with Crippen LogP contribution in [0.3, 0.4) is 0 Å². The Morgan fingerprint density at radius 2 is 2.27 bits per heavy atom. The first-order valence-electron chi connectivity index (χ1n) is 7.24. The molecule has 0 fully saturated rings. The van der Waals surface area contributed by atoms with Crippen LogP contribution in [0.25, 0.3) is 0 Å². The summed E-state index contributed by atoms with van der Waals surface area (Å²) in [4.78, 5) is 22.4. The lowest BCUT2D eigenvalue weighted by atomic mass is 10.1. The summed E-state index contributed by atoms with van der Waals surface area (Å²) in [7, 11) is 0. The van der Waals surface area contributed by atoms with E-state index in [1.54, 1.807) is 6.20 Å². The Morgan fingerprint density at radius 3 is 3.09 bits per heavy atom. The molecule has 0 bridgehead atoms. The number of hydrogen-bond donors (Lipinski definition) is 1. The second kappa shape index (κ2) is 6.32. The molecule has 6 heteroatoms. The van der Waals surface area contributed by atoms with Crippen molar-refractivity contribution >= 4 is 23.5 Å². The molecule has 2 N–H and O–H groups in total. The van der Waals surface area contributed by atoms with Gasteiger partial charge in [0.1, 0.15) is 0 Å². The minimum absolute atomic E-state index is 0.128. The number of hydrogen-bond acceptors (Lipinski definition) is 4. The number of nitrogens with two attached hydrogens (primary N) is 1. The number of carbonyl (C=O) groups excluding carboxylic acids is 1. The Labute approximate surface area is 134 Å². The highest BCUT2D eigenvalue weighted by Crippen LogP contribution is 2.18. The van der Waals surface area contributed by atoms with Crippen LogP contribution in [0.15, 0.2) is 30.5 Å². The Morgan fingerprint density at radius 1 is 1.41 bits per heavy atom. The van der Waals surface area contributed by atoms with Gasteiger partial charge in [0.15, 0.2) is 0 Å². The molecule has 0 radical (unpaired) electrons. The van der Waals surface area contributed by atoms with Crippen LogP contribution in [-0.2, 0) is 24.2 Å². The number of carbonyl (C=O) groups is 1. The summed E-state index contributed by atoms with van der Waals surface area (Å²) in [5.74, 6) is 0.384. The van der Waals surface area contributed by atoms with Crippen LogP contribution >= 0.6 is 11.6 Å². The molecule has 0 atom stereocenters. The summed E-state index contributed by atoms with van der Waals surface area (Å²) in [5.41, 5.74) is 8.62. The van der Waals surface area contributed by atoms with E-state index in [0.29, 0.717) is 31.0 Å². The number of amides is 1. The van der Waals surface area contributed by atoms with Crippen LogP contribution in [0.1, 0.15) is 23.2 Å². The third-order valence-electron chi connectivity index (χ3n) is 3.83. The number of aromatic nitrogens is 2. The first-order valence-corrected chi connectivity index (χ1v) is 7.62. The molecule has 1 aliphatic rings. The zero-order valence-electron chi connectivity index (χ0n) is 12.1. The van der Waals surface area contributed by atoms with Crippen LogP contribution < -0.4 is 5.73 Å². The monoisotopic (exact) mass is 316 g/mol. The molecule has 22 heavy (non-hydrogen) atoms. The highest BCUT2D eigenvalue weighted by Gasteiger charge is 2.21. The molecule has 0 unspecified atom stereocenters. The smallest absolute Gasteiger partial charge is 0.223 e. The summed E-state index contributed by atoms with van der Waals surface area (Å²) >= 11 is 5.96. The van der Waals surface area contributed by atoms with Crippen LogP contribution in [0.4, 0.5) is 5.95 Å². The average molecular weight is 317 g/mol. The van der Waals surface area contributed by atoms with Crippen molar-refractivity contribution in [1.29, 1.82) is 0 Å². The number of anilines is 1. The van der Waals surface area contributed by atoms with E-state index in [9.17, 15) is 4.79 Å². The fourth-order valence-corrected chi connectivity index (χ4v) is 2.85. The summed E-state index contributed by atoms with van der Waals surface area (Å²) < 4.78 is 0. The normalized spacial score (nSPS) is 13.8. The molecule has 2 aromatic rings. The lowest BCUT2D eigenvalue weighted by molar-refractivity contribution is -0.132. The van der Waals surface area contributed by atoms with E-state index in [1.807, 2.05) is 29.2 Å². The van der Waals surface area contributed by atoms with Crippen LogP contribution in [-0.4, -0.2) is 27.3 Å². The molecule has 5 nitrogen and oxygen atoms in total. The second-order valence-corrected chi connectivity index (χ2v) is 5.83. The van der Waals surface area contributed by atoms with Crippen molar-refractivity contribution < 1.29 is 4.79 Å². The molecule has 1 aromatic carbocycles. The predicted octanol–water partition coefficient (Wildman–Crippen LogP) is 2.23. The molecule has 0 saturated heterocycles. The molecule has 1 amide bonds. The maximum Gasteiger partial charge on any atom is 0.223 e. The summed E-state index contributed by atoms with van der Waals surface area (Å²) in [6.07, 6.45) is 3.69. The van der Waals surface area contributed by atoms with Crippen LogP contribution in [0.5, 0.6) is 0 Å². The van der Waals surface area contributed by atoms with Gasteiger partial charge in [0.2, 0.25) is 11.9 Å². The molecule has 0 aliphatic carbocycles. The Kier molecular flexibility index (Phi) is 4.24. The molecular weight excluding hydrogens is 300 g/mol. The molecular formula is C16H17ClN4O. The van der Waals surface area contributed by atoms with Gasteiger partial charge in [-0.3, -0.25) is 4.79 Å². The molecule has 0 saturated carbocycles. The molecule has 1 aromatic heterocycles. The predicted molar refractivity (Wildman–Crippen MR) is 85.3 cm³/mol. The van der Waals surface area contributed by atoms with Crippen molar-refractivity contribution in [2.24, 2.45) is 0 Å². The lowest BCUT2D eigenvalue weighted by Gasteiger charge is -2.28. The van der Waals surface area contributed by atoms with E-state index in [1.165, 1.54) is 0 Å². The first kappa shape index (κ1) is 14.8. The fraction of sp³-hybridized carbons (Fsp3) is 0.312. The van der Waals surface area contributed by atoms with Gasteiger partial charge < -0.3 is 10.6 Å². The highest BCUT2D eigenvalue weighted by molar-refractivity contribution is 6.30. The van der Waals surface area contributed by atoms with E-state index in [2.05, 4.69) is 9.97 Å². The maximum atomic E-state index is 12.4. The van der Waals surface area contributed by atoms with Crippen molar-refractivity contribution in [1.82, 2.24) is 14.9 Å². The van der Waals surface area contributed by atoms with Gasteiger partial charge in [0, 0.05) is 24.2 Å². The number of fused-ring (bicyclic) bond motifs is 1. The van der Waals surface area contributed by atoms with Gasteiger partial charge in [-0.15, -0.1) is 0 Å². The number of nitrogen functional groups attached to an aromatic ring is 1. The number of halogens is 1. The van der Waals surface area contributed by atoms with Gasteiger partial charge in [-0.25, -0.2) is 9.97 Å². The molecule has 114 valence electrons. The summed E-state index contributed by atoms with van der Waals surface area (Å²) in [6, 6.07) is 7.62. The molecule has 0 spiro atoms. The number of benzene rings is 1. The van der Waals surface area contributed by atoms with E-state index in [4.69, 9.17) is 17.3 Å². The van der Waals surface area contributed by atoms with Crippen molar-refractivity contribution in [3.63, 3.8) is 0 Å². The van der Waals surface area contributed by atoms with Gasteiger partial charge >= 0.3 is 0 Å². The standard InChI is InChI=1S/C16H17ClN4O/c17-13-3-1-2-11(8-13)4-5-15(22)21-7-6-12-9-19-16(18)20-14(12)10-21/h1-3,8-9H,4-7,10H2,(H2,18,19,20). The highest BCUT2D eigenvalue weighted by atomic mass is 35.5. The van der Waals surface area contributed by atoms with Gasteiger partial charge in [0.05, 0.1) is 12.2 Å². The van der Waals surface area contributed by atoms with Gasteiger partial charge in [-0.1, -0.05) is 23.7 Å². The van der Waals surface area contributed by atoms with E-state index in [0.717, 1.165) is 23.2 Å². The third kappa shape index (κ3) is 3.36. The molecule has 2 heterocycles. The molecule has 3 rings (SSSR count). The second-order valence-electron chi connectivity index (χ2n) is 5.40. The first-order chi connectivity index (χ1) is 10.6. The number of rotatable bonds is 3. The molecule has 1 aliphatic heterocycles. The van der Waals surface area contributed by atoms with Gasteiger partial charge in [-0.2, -0.15) is 0 Å². The fourth-order valence-electron chi connectivity index (χ4n) is 2.63. The largest absolute Gasteiger partial charge is 0.368 e. The van der Waals surface area contributed by atoms with Crippen molar-refractivity contribution in [3.8, 4) is 0 Å². The van der Waals surface area contributed by atoms with E-state index < -0.39 is 0 Å². The van der Waals surface area contributed by atoms with Gasteiger partial charge in [0.25, 0.3) is 0 Å². The van der Waals surface area contributed by atoms with Crippen molar-refractivity contribution in [3.05, 3.63) is 52.3 Å². The van der Waals surface area contributed by atoms with Crippen molar-refractivity contribution in [2.45, 2.75) is 25.8 Å². The SMILES string of the molecule is Nc1ncc2c(n1)CN(C(=O)CCc1cccc(Cl)c1)CC2. The quantitative estimate of drug-likeness (QED) is 0.942. The minimum atomic E-state index is 0.128. The Bertz CT molecular complexity index is 704. The minimum Gasteiger partial charge on any atom is -0.368 e. The maximum absolute atomic E-state index is 12.4.